The molecule has 0 atom stereocenters. The minimum atomic E-state index is -0.124. The molecule has 1 aliphatic rings. The van der Waals surface area contributed by atoms with Gasteiger partial charge in [-0.1, -0.05) is 0 Å². The first-order valence-electron chi connectivity index (χ1n) is 7.76. The van der Waals surface area contributed by atoms with Crippen LogP contribution < -0.4 is 10.6 Å². The molecule has 3 rings (SSSR count). The second-order valence-corrected chi connectivity index (χ2v) is 6.59. The highest BCUT2D eigenvalue weighted by Crippen LogP contribution is 2.26. The zero-order valence-electron chi connectivity index (χ0n) is 12.5. The van der Waals surface area contributed by atoms with Gasteiger partial charge in [-0.25, -0.2) is 14.8 Å². The first-order chi connectivity index (χ1) is 10.8. The van der Waals surface area contributed by atoms with Crippen LogP contribution in [0.2, 0.25) is 0 Å². The number of carbonyl (C=O) groups excluding carboxylic acids is 1. The molecule has 118 valence electrons. The van der Waals surface area contributed by atoms with Gasteiger partial charge in [0.05, 0.1) is 17.0 Å². The number of hydrogen-bond acceptors (Lipinski definition) is 4. The molecule has 2 N–H and O–H groups in total. The Labute approximate surface area is 134 Å². The van der Waals surface area contributed by atoms with Crippen LogP contribution in [0.15, 0.2) is 18.7 Å². The first kappa shape index (κ1) is 15.0. The van der Waals surface area contributed by atoms with Crippen molar-refractivity contribution in [1.29, 1.82) is 0 Å². The molecule has 0 radical (unpaired) electrons. The van der Waals surface area contributed by atoms with Gasteiger partial charge >= 0.3 is 6.03 Å². The van der Waals surface area contributed by atoms with E-state index in [9.17, 15) is 4.79 Å². The van der Waals surface area contributed by atoms with Gasteiger partial charge in [-0.2, -0.15) is 0 Å². The molecule has 22 heavy (non-hydrogen) atoms. The van der Waals surface area contributed by atoms with Crippen molar-refractivity contribution in [3.05, 3.63) is 34.3 Å². The van der Waals surface area contributed by atoms with E-state index in [2.05, 4.69) is 20.6 Å². The molecule has 0 fully saturated rings. The Morgan fingerprint density at radius 1 is 1.27 bits per heavy atom. The van der Waals surface area contributed by atoms with Crippen LogP contribution in [0.25, 0.3) is 0 Å². The van der Waals surface area contributed by atoms with Gasteiger partial charge in [0.15, 0.2) is 0 Å². The van der Waals surface area contributed by atoms with Crippen molar-refractivity contribution in [2.75, 3.05) is 13.1 Å². The van der Waals surface area contributed by atoms with Gasteiger partial charge < -0.3 is 15.2 Å². The third kappa shape index (κ3) is 4.07. The average molecular weight is 319 g/mol. The largest absolute Gasteiger partial charge is 0.338 e. The first-order valence-corrected chi connectivity index (χ1v) is 8.58. The number of nitrogens with zero attached hydrogens (tertiary/aromatic N) is 3. The van der Waals surface area contributed by atoms with E-state index in [1.807, 2.05) is 22.1 Å². The molecule has 0 unspecified atom stereocenters. The SMILES string of the molecule is O=C(NCCc1nc2c(s1)CCCC2)NCCn1ccnc1. The van der Waals surface area contributed by atoms with Crippen LogP contribution in [-0.4, -0.2) is 33.7 Å². The molecule has 2 aromatic heterocycles. The van der Waals surface area contributed by atoms with E-state index in [0.717, 1.165) is 24.4 Å². The predicted molar refractivity (Wildman–Crippen MR) is 86.1 cm³/mol. The van der Waals surface area contributed by atoms with E-state index in [1.54, 1.807) is 12.5 Å². The summed E-state index contributed by atoms with van der Waals surface area (Å²) in [6, 6.07) is -0.124. The van der Waals surface area contributed by atoms with E-state index >= 15 is 0 Å². The maximum Gasteiger partial charge on any atom is 0.314 e. The number of amides is 2. The monoisotopic (exact) mass is 319 g/mol. The van der Waals surface area contributed by atoms with E-state index < -0.39 is 0 Å². The van der Waals surface area contributed by atoms with Crippen molar-refractivity contribution in [3.63, 3.8) is 0 Å². The number of aryl methyl sites for hydroxylation is 2. The summed E-state index contributed by atoms with van der Waals surface area (Å²) in [6.45, 7) is 1.95. The number of nitrogens with one attached hydrogen (secondary N) is 2. The molecule has 2 amide bonds. The Morgan fingerprint density at radius 2 is 2.14 bits per heavy atom. The summed E-state index contributed by atoms with van der Waals surface area (Å²) in [5, 5.41) is 6.87. The van der Waals surface area contributed by atoms with E-state index in [1.165, 1.54) is 29.8 Å². The molecule has 1 aliphatic carbocycles. The molecule has 6 nitrogen and oxygen atoms in total. The number of aromatic nitrogens is 3. The van der Waals surface area contributed by atoms with Crippen molar-refractivity contribution >= 4 is 17.4 Å². The molecule has 0 saturated carbocycles. The van der Waals surface area contributed by atoms with Gasteiger partial charge in [-0.15, -0.1) is 11.3 Å². The number of carbonyl (C=O) groups is 1. The third-order valence-electron chi connectivity index (χ3n) is 3.73. The lowest BCUT2D eigenvalue weighted by molar-refractivity contribution is 0.240. The van der Waals surface area contributed by atoms with Gasteiger partial charge in [0.25, 0.3) is 0 Å². The number of imidazole rings is 1. The molecular formula is C15H21N5OS. The molecule has 0 aromatic carbocycles. The second kappa shape index (κ2) is 7.40. The molecule has 7 heteroatoms. The van der Waals surface area contributed by atoms with Gasteiger partial charge in [0, 0.05) is 43.3 Å². The minimum absolute atomic E-state index is 0.124. The molecule has 0 saturated heterocycles. The van der Waals surface area contributed by atoms with Crippen molar-refractivity contribution < 1.29 is 4.79 Å². The highest BCUT2D eigenvalue weighted by molar-refractivity contribution is 7.11. The maximum atomic E-state index is 11.7. The minimum Gasteiger partial charge on any atom is -0.338 e. The van der Waals surface area contributed by atoms with Gasteiger partial charge in [0.1, 0.15) is 0 Å². The maximum absolute atomic E-state index is 11.7. The van der Waals surface area contributed by atoms with Crippen molar-refractivity contribution in [1.82, 2.24) is 25.2 Å². The van der Waals surface area contributed by atoms with E-state index in [-0.39, 0.29) is 6.03 Å². The smallest absolute Gasteiger partial charge is 0.314 e. The fourth-order valence-electron chi connectivity index (χ4n) is 2.58. The van der Waals surface area contributed by atoms with Crippen LogP contribution in [-0.2, 0) is 25.8 Å². The number of fused-ring (bicyclic) bond motifs is 1. The van der Waals surface area contributed by atoms with Gasteiger partial charge in [0.2, 0.25) is 0 Å². The third-order valence-corrected chi connectivity index (χ3v) is 4.95. The van der Waals surface area contributed by atoms with Gasteiger partial charge in [-0.05, 0) is 25.7 Å². The molecule has 0 aliphatic heterocycles. The van der Waals surface area contributed by atoms with E-state index in [0.29, 0.717) is 13.1 Å². The lowest BCUT2D eigenvalue weighted by Crippen LogP contribution is -2.38. The van der Waals surface area contributed by atoms with Crippen LogP contribution in [0.4, 0.5) is 4.79 Å². The summed E-state index contributed by atoms with van der Waals surface area (Å²) in [5.74, 6) is 0. The average Bonchev–Trinajstić information content (AvgIpc) is 3.15. The molecule has 2 heterocycles. The summed E-state index contributed by atoms with van der Waals surface area (Å²) in [5.41, 5.74) is 1.29. The Kier molecular flexibility index (Phi) is 5.05. The second-order valence-electron chi connectivity index (χ2n) is 5.42. The summed E-state index contributed by atoms with van der Waals surface area (Å²) in [7, 11) is 0. The number of urea groups is 1. The summed E-state index contributed by atoms with van der Waals surface area (Å²) in [6.07, 6.45) is 11.0. The van der Waals surface area contributed by atoms with Crippen molar-refractivity contribution in [2.24, 2.45) is 0 Å². The highest BCUT2D eigenvalue weighted by Gasteiger charge is 2.14. The lowest BCUT2D eigenvalue weighted by atomic mass is 10.0. The number of rotatable bonds is 6. The fourth-order valence-corrected chi connectivity index (χ4v) is 3.73. The van der Waals surface area contributed by atoms with E-state index in [4.69, 9.17) is 0 Å². The summed E-state index contributed by atoms with van der Waals surface area (Å²) < 4.78 is 1.93. The molecule has 0 bridgehead atoms. The van der Waals surface area contributed by atoms with Crippen LogP contribution >= 0.6 is 11.3 Å². The predicted octanol–water partition coefficient (Wildman–Crippen LogP) is 1.76. The van der Waals surface area contributed by atoms with Crippen LogP contribution in [0.1, 0.15) is 28.4 Å². The Hall–Kier alpha value is -1.89. The zero-order chi connectivity index (χ0) is 15.2. The topological polar surface area (TPSA) is 71.8 Å². The molecular weight excluding hydrogens is 298 g/mol. The molecule has 0 spiro atoms. The zero-order valence-corrected chi connectivity index (χ0v) is 13.4. The van der Waals surface area contributed by atoms with Crippen molar-refractivity contribution in [2.45, 2.75) is 38.6 Å². The highest BCUT2D eigenvalue weighted by atomic mass is 32.1. The summed E-state index contributed by atoms with van der Waals surface area (Å²) in [4.78, 5) is 21.8. The van der Waals surface area contributed by atoms with Crippen LogP contribution in [0.3, 0.4) is 0 Å². The normalized spacial score (nSPS) is 13.6. The Balaban J connectivity index is 1.34. The van der Waals surface area contributed by atoms with Crippen LogP contribution in [0, 0.1) is 0 Å². The summed E-state index contributed by atoms with van der Waals surface area (Å²) >= 11 is 1.81. The Morgan fingerprint density at radius 3 is 2.95 bits per heavy atom. The quantitative estimate of drug-likeness (QED) is 0.852. The lowest BCUT2D eigenvalue weighted by Gasteiger charge is -2.07. The van der Waals surface area contributed by atoms with Crippen LogP contribution in [0.5, 0.6) is 0 Å². The Bertz CT molecular complexity index is 584. The number of hydrogen-bond donors (Lipinski definition) is 2. The van der Waals surface area contributed by atoms with Gasteiger partial charge in [-0.3, -0.25) is 0 Å². The number of thiazole rings is 1. The molecule has 2 aromatic rings. The fraction of sp³-hybridized carbons (Fsp3) is 0.533. The standard InChI is InChI=1S/C15H21N5OS/c21-15(18-8-10-20-9-7-16-11-20)17-6-5-14-19-12-3-1-2-4-13(12)22-14/h7,9,11H,1-6,8,10H2,(H2,17,18,21). The van der Waals surface area contributed by atoms with Crippen molar-refractivity contribution in [3.8, 4) is 0 Å².